The Bertz CT molecular complexity index is 790. The Morgan fingerprint density at radius 1 is 0.960 bits per heavy atom. The number of amides is 3. The number of para-hydroxylation sites is 1. The predicted molar refractivity (Wildman–Crippen MR) is 94.2 cm³/mol. The molecule has 0 aromatic heterocycles. The van der Waals surface area contributed by atoms with Crippen molar-refractivity contribution in [1.29, 1.82) is 0 Å². The molecule has 6 heteroatoms. The predicted octanol–water partition coefficient (Wildman–Crippen LogP) is 1.66. The summed E-state index contributed by atoms with van der Waals surface area (Å²) in [7, 11) is 0. The summed E-state index contributed by atoms with van der Waals surface area (Å²) in [4.78, 5) is 36.1. The Kier molecular flexibility index (Phi) is 5.09. The third kappa shape index (κ3) is 4.03. The number of hydrogen-bond acceptors (Lipinski definition) is 3. The van der Waals surface area contributed by atoms with Crippen LogP contribution in [0, 0.1) is 0 Å². The van der Waals surface area contributed by atoms with Gasteiger partial charge in [0.2, 0.25) is 11.8 Å². The first-order valence-corrected chi connectivity index (χ1v) is 8.15. The molecule has 0 radical (unpaired) electrons. The van der Waals surface area contributed by atoms with Crippen molar-refractivity contribution in [3.05, 3.63) is 65.7 Å². The lowest BCUT2D eigenvalue weighted by atomic mass is 9.90. The summed E-state index contributed by atoms with van der Waals surface area (Å²) in [6.07, 6.45) is 0.124. The maximum atomic E-state index is 12.4. The molecule has 3 rings (SSSR count). The summed E-state index contributed by atoms with van der Waals surface area (Å²) in [5.74, 6) is -1.07. The lowest BCUT2D eigenvalue weighted by Gasteiger charge is -2.24. The van der Waals surface area contributed by atoms with Gasteiger partial charge in [-0.15, -0.1) is 0 Å². The maximum absolute atomic E-state index is 12.4. The third-order valence-electron chi connectivity index (χ3n) is 4.06. The fraction of sp³-hybridized carbons (Fsp3) is 0.211. The van der Waals surface area contributed by atoms with Crippen molar-refractivity contribution in [1.82, 2.24) is 10.6 Å². The fourth-order valence-corrected chi connectivity index (χ4v) is 2.82. The van der Waals surface area contributed by atoms with Gasteiger partial charge in [0.1, 0.15) is 0 Å². The molecule has 1 unspecified atom stereocenters. The number of benzene rings is 2. The molecule has 3 amide bonds. The molecule has 1 heterocycles. The number of hydrogen-bond donors (Lipinski definition) is 3. The van der Waals surface area contributed by atoms with Crippen molar-refractivity contribution in [3.8, 4) is 0 Å². The van der Waals surface area contributed by atoms with Gasteiger partial charge in [-0.1, -0.05) is 36.4 Å². The van der Waals surface area contributed by atoms with Gasteiger partial charge in [-0.05, 0) is 23.8 Å². The first kappa shape index (κ1) is 16.7. The number of fused-ring (bicyclic) bond motifs is 1. The number of anilines is 1. The van der Waals surface area contributed by atoms with E-state index in [9.17, 15) is 14.4 Å². The van der Waals surface area contributed by atoms with Gasteiger partial charge in [0.25, 0.3) is 5.91 Å². The lowest BCUT2D eigenvalue weighted by Crippen LogP contribution is -2.39. The molecule has 0 fully saturated rings. The molecule has 1 aliphatic heterocycles. The van der Waals surface area contributed by atoms with Gasteiger partial charge < -0.3 is 16.0 Å². The number of rotatable bonds is 5. The molecule has 1 aliphatic rings. The van der Waals surface area contributed by atoms with Crippen LogP contribution in [0.15, 0.2) is 54.6 Å². The molecular weight excluding hydrogens is 318 g/mol. The van der Waals surface area contributed by atoms with Crippen LogP contribution in [-0.4, -0.2) is 30.8 Å². The summed E-state index contributed by atoms with van der Waals surface area (Å²) < 4.78 is 0. The Balaban J connectivity index is 1.52. The molecule has 2 aromatic rings. The largest absolute Gasteiger partial charge is 0.354 e. The van der Waals surface area contributed by atoms with E-state index >= 15 is 0 Å². The molecule has 1 atom stereocenters. The Morgan fingerprint density at radius 3 is 2.44 bits per heavy atom. The van der Waals surface area contributed by atoms with Crippen LogP contribution >= 0.6 is 0 Å². The second kappa shape index (κ2) is 7.61. The minimum absolute atomic E-state index is 0.124. The smallest absolute Gasteiger partial charge is 0.251 e. The zero-order valence-electron chi connectivity index (χ0n) is 13.6. The van der Waals surface area contributed by atoms with Crippen molar-refractivity contribution in [3.63, 3.8) is 0 Å². The molecule has 6 nitrogen and oxygen atoms in total. The van der Waals surface area contributed by atoms with Crippen LogP contribution in [0.25, 0.3) is 0 Å². The zero-order chi connectivity index (χ0) is 17.6. The van der Waals surface area contributed by atoms with Gasteiger partial charge in [0, 0.05) is 30.8 Å². The number of nitrogens with one attached hydrogen (secondary N) is 3. The van der Waals surface area contributed by atoms with E-state index in [4.69, 9.17) is 0 Å². The van der Waals surface area contributed by atoms with Gasteiger partial charge in [0.15, 0.2) is 0 Å². The van der Waals surface area contributed by atoms with Gasteiger partial charge in [-0.25, -0.2) is 0 Å². The molecule has 25 heavy (non-hydrogen) atoms. The first-order chi connectivity index (χ1) is 12.1. The van der Waals surface area contributed by atoms with Crippen LogP contribution in [0.1, 0.15) is 28.3 Å². The molecule has 0 bridgehead atoms. The Labute approximate surface area is 145 Å². The summed E-state index contributed by atoms with van der Waals surface area (Å²) in [6, 6.07) is 16.2. The quantitative estimate of drug-likeness (QED) is 0.725. The van der Waals surface area contributed by atoms with E-state index in [2.05, 4.69) is 16.0 Å². The second-order valence-electron chi connectivity index (χ2n) is 5.81. The highest BCUT2D eigenvalue weighted by Crippen LogP contribution is 2.31. The molecule has 128 valence electrons. The van der Waals surface area contributed by atoms with Crippen LogP contribution in [0.5, 0.6) is 0 Å². The Morgan fingerprint density at radius 2 is 1.64 bits per heavy atom. The standard InChI is InChI=1S/C19H19N3O3/c23-17-12-15(14-8-4-5-9-16(14)22-17)19(25)21-11-10-20-18(24)13-6-2-1-3-7-13/h1-9,15H,10-12H2,(H,20,24)(H,21,25)(H,22,23). The highest BCUT2D eigenvalue weighted by molar-refractivity contribution is 6.01. The topological polar surface area (TPSA) is 87.3 Å². The van der Waals surface area contributed by atoms with Crippen molar-refractivity contribution >= 4 is 23.4 Å². The van der Waals surface area contributed by atoms with Crippen molar-refractivity contribution in [2.45, 2.75) is 12.3 Å². The van der Waals surface area contributed by atoms with Crippen LogP contribution in [0.3, 0.4) is 0 Å². The van der Waals surface area contributed by atoms with Gasteiger partial charge in [-0.2, -0.15) is 0 Å². The summed E-state index contributed by atoms with van der Waals surface area (Å²) in [6.45, 7) is 0.623. The molecule has 0 aliphatic carbocycles. The molecule has 2 aromatic carbocycles. The summed E-state index contributed by atoms with van der Waals surface area (Å²) in [5, 5.41) is 8.31. The van der Waals surface area contributed by atoms with Gasteiger partial charge in [0.05, 0.1) is 5.92 Å². The normalized spacial score (nSPS) is 15.7. The minimum Gasteiger partial charge on any atom is -0.354 e. The van der Waals surface area contributed by atoms with Gasteiger partial charge in [-0.3, -0.25) is 14.4 Å². The minimum atomic E-state index is -0.505. The van der Waals surface area contributed by atoms with Crippen molar-refractivity contribution < 1.29 is 14.4 Å². The van der Waals surface area contributed by atoms with E-state index in [-0.39, 0.29) is 24.1 Å². The number of carbonyl (C=O) groups excluding carboxylic acids is 3. The van der Waals surface area contributed by atoms with E-state index in [1.807, 2.05) is 24.3 Å². The van der Waals surface area contributed by atoms with E-state index in [1.54, 1.807) is 30.3 Å². The fourth-order valence-electron chi connectivity index (χ4n) is 2.82. The zero-order valence-corrected chi connectivity index (χ0v) is 13.6. The van der Waals surface area contributed by atoms with Crippen LogP contribution in [0.4, 0.5) is 5.69 Å². The van der Waals surface area contributed by atoms with E-state index in [0.717, 1.165) is 5.56 Å². The lowest BCUT2D eigenvalue weighted by molar-refractivity contribution is -0.126. The van der Waals surface area contributed by atoms with Crippen LogP contribution in [-0.2, 0) is 9.59 Å². The van der Waals surface area contributed by atoms with Gasteiger partial charge >= 0.3 is 0 Å². The first-order valence-electron chi connectivity index (χ1n) is 8.15. The SMILES string of the molecule is O=C1CC(C(=O)NCCNC(=O)c2ccccc2)c2ccccc2N1. The molecular formula is C19H19N3O3. The molecule has 3 N–H and O–H groups in total. The van der Waals surface area contributed by atoms with E-state index < -0.39 is 5.92 Å². The molecule has 0 spiro atoms. The third-order valence-corrected chi connectivity index (χ3v) is 4.06. The second-order valence-corrected chi connectivity index (χ2v) is 5.81. The maximum Gasteiger partial charge on any atom is 0.251 e. The van der Waals surface area contributed by atoms with E-state index in [1.165, 1.54) is 0 Å². The van der Waals surface area contributed by atoms with Crippen LogP contribution in [0.2, 0.25) is 0 Å². The van der Waals surface area contributed by atoms with Crippen molar-refractivity contribution in [2.24, 2.45) is 0 Å². The monoisotopic (exact) mass is 337 g/mol. The average molecular weight is 337 g/mol. The highest BCUT2D eigenvalue weighted by atomic mass is 16.2. The average Bonchev–Trinajstić information content (AvgIpc) is 2.64. The summed E-state index contributed by atoms with van der Waals surface area (Å²) >= 11 is 0. The van der Waals surface area contributed by atoms with Crippen LogP contribution < -0.4 is 16.0 Å². The molecule has 0 saturated heterocycles. The number of carbonyl (C=O) groups is 3. The van der Waals surface area contributed by atoms with Crippen molar-refractivity contribution in [2.75, 3.05) is 18.4 Å². The highest BCUT2D eigenvalue weighted by Gasteiger charge is 2.30. The Hall–Kier alpha value is -3.15. The summed E-state index contributed by atoms with van der Waals surface area (Å²) in [5.41, 5.74) is 2.07. The molecule has 0 saturated carbocycles. The van der Waals surface area contributed by atoms with E-state index in [0.29, 0.717) is 24.3 Å².